The fourth-order valence-electron chi connectivity index (χ4n) is 1.65. The number of amides is 1. The first-order valence-electron chi connectivity index (χ1n) is 6.44. The number of esters is 1. The van der Waals surface area contributed by atoms with E-state index in [1.165, 1.54) is 25.2 Å². The molecule has 0 spiro atoms. The summed E-state index contributed by atoms with van der Waals surface area (Å²) < 4.78 is 5.80. The van der Waals surface area contributed by atoms with Crippen LogP contribution in [0.5, 0.6) is 0 Å². The minimum absolute atomic E-state index is 0.104. The Kier molecular flexibility index (Phi) is 5.82. The molecule has 0 unspecified atom stereocenters. The number of hydrogen-bond acceptors (Lipinski definition) is 5. The van der Waals surface area contributed by atoms with Crippen molar-refractivity contribution in [2.75, 3.05) is 11.9 Å². The van der Waals surface area contributed by atoms with Crippen LogP contribution in [-0.4, -0.2) is 28.3 Å². The van der Waals surface area contributed by atoms with Crippen molar-refractivity contribution in [3.63, 3.8) is 0 Å². The van der Waals surface area contributed by atoms with Gasteiger partial charge in [-0.3, -0.25) is 9.59 Å². The molecule has 0 bridgehead atoms. The highest BCUT2D eigenvalue weighted by Crippen LogP contribution is 2.33. The van der Waals surface area contributed by atoms with E-state index in [0.717, 1.165) is 10.7 Å². The Labute approximate surface area is 151 Å². The molecule has 0 aliphatic rings. The number of carbonyl (C=O) groups is 2. The zero-order valence-corrected chi connectivity index (χ0v) is 14.4. The quantitative estimate of drug-likeness (QED) is 0.810. The summed E-state index contributed by atoms with van der Waals surface area (Å²) in [4.78, 5) is 34.8. The summed E-state index contributed by atoms with van der Waals surface area (Å²) in [6.07, 6.45) is 0. The standard InChI is InChI=1S/C14H10Cl3N3O4/c1-20-12(22)3-2-10(19-20)14(23)24-6-11(21)18-13-8(16)4-7(15)5-9(13)17/h2-5H,6H2,1H3,(H,18,21). The lowest BCUT2D eigenvalue weighted by molar-refractivity contribution is -0.119. The van der Waals surface area contributed by atoms with Gasteiger partial charge in [0.05, 0.1) is 15.7 Å². The molecule has 1 aromatic heterocycles. The number of aryl methyl sites for hydroxylation is 1. The number of nitrogens with one attached hydrogen (secondary N) is 1. The van der Waals surface area contributed by atoms with E-state index in [2.05, 4.69) is 10.4 Å². The number of nitrogens with zero attached hydrogens (tertiary/aromatic N) is 2. The zero-order valence-electron chi connectivity index (χ0n) is 12.2. The van der Waals surface area contributed by atoms with Gasteiger partial charge in [-0.15, -0.1) is 0 Å². The molecule has 1 aromatic carbocycles. The highest BCUT2D eigenvalue weighted by atomic mass is 35.5. The second kappa shape index (κ2) is 7.65. The van der Waals surface area contributed by atoms with Crippen molar-refractivity contribution >= 4 is 52.4 Å². The van der Waals surface area contributed by atoms with Crippen molar-refractivity contribution in [3.8, 4) is 0 Å². The molecule has 0 saturated heterocycles. The highest BCUT2D eigenvalue weighted by molar-refractivity contribution is 6.42. The van der Waals surface area contributed by atoms with Gasteiger partial charge >= 0.3 is 5.97 Å². The number of rotatable bonds is 4. The summed E-state index contributed by atoms with van der Waals surface area (Å²) in [5, 5.41) is 6.74. The average Bonchev–Trinajstić information content (AvgIpc) is 2.51. The summed E-state index contributed by atoms with van der Waals surface area (Å²) in [7, 11) is 1.39. The van der Waals surface area contributed by atoms with Crippen LogP contribution < -0.4 is 10.9 Å². The molecule has 0 atom stereocenters. The number of carbonyl (C=O) groups excluding carboxylic acids is 2. The SMILES string of the molecule is Cn1nc(C(=O)OCC(=O)Nc2c(Cl)cc(Cl)cc2Cl)ccc1=O. The summed E-state index contributed by atoms with van der Waals surface area (Å²) in [6, 6.07) is 5.18. The normalized spacial score (nSPS) is 10.3. The number of anilines is 1. The molecule has 1 amide bonds. The molecule has 24 heavy (non-hydrogen) atoms. The molecule has 2 aromatic rings. The van der Waals surface area contributed by atoms with Gasteiger partial charge in [-0.2, -0.15) is 5.10 Å². The topological polar surface area (TPSA) is 90.3 Å². The summed E-state index contributed by atoms with van der Waals surface area (Å²) >= 11 is 17.6. The molecule has 0 aliphatic heterocycles. The molecule has 0 aliphatic carbocycles. The number of halogens is 3. The molecule has 0 radical (unpaired) electrons. The van der Waals surface area contributed by atoms with E-state index in [1.54, 1.807) is 0 Å². The fourth-order valence-corrected chi connectivity index (χ4v) is 2.56. The Morgan fingerprint density at radius 3 is 2.42 bits per heavy atom. The average molecular weight is 391 g/mol. The van der Waals surface area contributed by atoms with Gasteiger partial charge in [0, 0.05) is 18.1 Å². The zero-order chi connectivity index (χ0) is 17.9. The van der Waals surface area contributed by atoms with Crippen molar-refractivity contribution in [2.24, 2.45) is 7.05 Å². The Morgan fingerprint density at radius 2 is 1.83 bits per heavy atom. The smallest absolute Gasteiger partial charge is 0.359 e. The molecule has 10 heteroatoms. The van der Waals surface area contributed by atoms with Crippen LogP contribution in [0.2, 0.25) is 15.1 Å². The third kappa shape index (κ3) is 4.47. The van der Waals surface area contributed by atoms with E-state index < -0.39 is 18.5 Å². The largest absolute Gasteiger partial charge is 0.451 e. The summed E-state index contributed by atoms with van der Waals surface area (Å²) in [5.74, 6) is -1.51. The van der Waals surface area contributed by atoms with Gasteiger partial charge in [0.15, 0.2) is 12.3 Å². The maximum absolute atomic E-state index is 11.8. The van der Waals surface area contributed by atoms with Crippen molar-refractivity contribution < 1.29 is 14.3 Å². The summed E-state index contributed by atoms with van der Waals surface area (Å²) in [6.45, 7) is -0.585. The van der Waals surface area contributed by atoms with E-state index in [0.29, 0.717) is 5.02 Å². The minimum atomic E-state index is -0.853. The van der Waals surface area contributed by atoms with Gasteiger partial charge < -0.3 is 10.1 Å². The van der Waals surface area contributed by atoms with E-state index in [1.807, 2.05) is 0 Å². The molecular weight excluding hydrogens is 381 g/mol. The summed E-state index contributed by atoms with van der Waals surface area (Å²) in [5.41, 5.74) is -0.326. The Balaban J connectivity index is 1.99. The fraction of sp³-hybridized carbons (Fsp3) is 0.143. The highest BCUT2D eigenvalue weighted by Gasteiger charge is 2.15. The molecule has 7 nitrogen and oxygen atoms in total. The third-order valence-corrected chi connectivity index (χ3v) is 3.59. The van der Waals surface area contributed by atoms with Gasteiger partial charge in [0.1, 0.15) is 0 Å². The van der Waals surface area contributed by atoms with Gasteiger partial charge in [0.25, 0.3) is 11.5 Å². The van der Waals surface area contributed by atoms with E-state index >= 15 is 0 Å². The van der Waals surface area contributed by atoms with Crippen LogP contribution in [-0.2, 0) is 16.6 Å². The first-order valence-corrected chi connectivity index (χ1v) is 7.57. The number of ether oxygens (including phenoxy) is 1. The first-order chi connectivity index (χ1) is 11.3. The lowest BCUT2D eigenvalue weighted by Crippen LogP contribution is -2.24. The number of aromatic nitrogens is 2. The monoisotopic (exact) mass is 389 g/mol. The molecule has 1 N–H and O–H groups in total. The molecule has 0 fully saturated rings. The Morgan fingerprint density at radius 1 is 1.21 bits per heavy atom. The van der Waals surface area contributed by atoms with Crippen molar-refractivity contribution in [1.29, 1.82) is 0 Å². The van der Waals surface area contributed by atoms with Crippen LogP contribution in [0.25, 0.3) is 0 Å². The van der Waals surface area contributed by atoms with E-state index in [-0.39, 0.29) is 27.0 Å². The minimum Gasteiger partial charge on any atom is -0.451 e. The number of benzene rings is 1. The molecule has 1 heterocycles. The lowest BCUT2D eigenvalue weighted by Gasteiger charge is -2.10. The maximum atomic E-state index is 11.8. The van der Waals surface area contributed by atoms with Crippen LogP contribution >= 0.6 is 34.8 Å². The Bertz CT molecular complexity index is 844. The number of hydrogen-bond donors (Lipinski definition) is 1. The molecular formula is C14H10Cl3N3O4. The first kappa shape index (κ1) is 18.3. The van der Waals surface area contributed by atoms with Gasteiger partial charge in [-0.25, -0.2) is 9.48 Å². The van der Waals surface area contributed by atoms with Crippen LogP contribution in [0.15, 0.2) is 29.1 Å². The van der Waals surface area contributed by atoms with Crippen LogP contribution in [0.1, 0.15) is 10.5 Å². The Hall–Kier alpha value is -2.09. The third-order valence-electron chi connectivity index (χ3n) is 2.78. The van der Waals surface area contributed by atoms with Crippen LogP contribution in [0, 0.1) is 0 Å². The van der Waals surface area contributed by atoms with E-state index in [4.69, 9.17) is 39.5 Å². The van der Waals surface area contributed by atoms with Crippen molar-refractivity contribution in [3.05, 3.63) is 55.4 Å². The van der Waals surface area contributed by atoms with Crippen molar-refractivity contribution in [1.82, 2.24) is 9.78 Å². The second-order valence-corrected chi connectivity index (χ2v) is 5.80. The van der Waals surface area contributed by atoms with Crippen LogP contribution in [0.4, 0.5) is 5.69 Å². The predicted molar refractivity (Wildman–Crippen MR) is 89.9 cm³/mol. The molecule has 2 rings (SSSR count). The second-order valence-electron chi connectivity index (χ2n) is 4.55. The maximum Gasteiger partial charge on any atom is 0.359 e. The van der Waals surface area contributed by atoms with Crippen molar-refractivity contribution in [2.45, 2.75) is 0 Å². The molecule has 126 valence electrons. The van der Waals surface area contributed by atoms with E-state index in [9.17, 15) is 14.4 Å². The lowest BCUT2D eigenvalue weighted by atomic mass is 10.3. The van der Waals surface area contributed by atoms with Gasteiger partial charge in [0.2, 0.25) is 0 Å². The van der Waals surface area contributed by atoms with Gasteiger partial charge in [-0.1, -0.05) is 34.8 Å². The molecule has 0 saturated carbocycles. The van der Waals surface area contributed by atoms with Crippen LogP contribution in [0.3, 0.4) is 0 Å². The van der Waals surface area contributed by atoms with Gasteiger partial charge in [-0.05, 0) is 18.2 Å². The predicted octanol–water partition coefficient (Wildman–Crippen LogP) is 2.54.